The number of fused-ring (bicyclic) bond motifs is 1. The summed E-state index contributed by atoms with van der Waals surface area (Å²) in [6, 6.07) is 5.07. The minimum Gasteiger partial charge on any atom is -0.340 e. The van der Waals surface area contributed by atoms with Gasteiger partial charge in [0.1, 0.15) is 5.82 Å². The van der Waals surface area contributed by atoms with Gasteiger partial charge >= 0.3 is 0 Å². The van der Waals surface area contributed by atoms with Crippen LogP contribution >= 0.6 is 23.2 Å². The molecular weight excluding hydrogens is 389 g/mol. The molecule has 2 aliphatic rings. The number of nitrogens with zero attached hydrogens (tertiary/aromatic N) is 3. The molecular formula is C18H19Cl2N5O2. The van der Waals surface area contributed by atoms with E-state index < -0.39 is 5.92 Å². The molecule has 0 radical (unpaired) electrons. The number of H-pyrrole nitrogens is 1. The molecule has 1 atom stereocenters. The zero-order chi connectivity index (χ0) is 19.1. The van der Waals surface area contributed by atoms with E-state index in [1.165, 1.54) is 0 Å². The zero-order valence-electron chi connectivity index (χ0n) is 14.8. The summed E-state index contributed by atoms with van der Waals surface area (Å²) in [4.78, 5) is 36.9. The Morgan fingerprint density at radius 3 is 2.59 bits per heavy atom. The van der Waals surface area contributed by atoms with Crippen LogP contribution in [0.1, 0.15) is 23.5 Å². The second-order valence-electron chi connectivity index (χ2n) is 6.91. The van der Waals surface area contributed by atoms with Gasteiger partial charge in [0.25, 0.3) is 5.56 Å². The van der Waals surface area contributed by atoms with Crippen LogP contribution in [-0.2, 0) is 4.79 Å². The first-order chi connectivity index (χ1) is 12.9. The second kappa shape index (κ2) is 7.14. The lowest BCUT2D eigenvalue weighted by molar-refractivity contribution is -0.116. The molecule has 2 aromatic rings. The number of carbonyl (C=O) groups excluding carboxylic acids is 1. The highest BCUT2D eigenvalue weighted by atomic mass is 35.5. The third-order valence-electron chi connectivity index (χ3n) is 5.08. The van der Waals surface area contributed by atoms with Gasteiger partial charge in [-0.3, -0.25) is 14.6 Å². The molecule has 27 heavy (non-hydrogen) atoms. The number of likely N-dealkylation sites (N-methyl/N-ethyl adjacent to an activating group) is 1. The van der Waals surface area contributed by atoms with E-state index in [0.29, 0.717) is 32.9 Å². The summed E-state index contributed by atoms with van der Waals surface area (Å²) in [5.41, 5.74) is 0.860. The summed E-state index contributed by atoms with van der Waals surface area (Å²) in [6.07, 6.45) is 0.132. The van der Waals surface area contributed by atoms with Crippen molar-refractivity contribution in [3.8, 4) is 0 Å². The Balaban J connectivity index is 1.76. The molecule has 4 rings (SSSR count). The van der Waals surface area contributed by atoms with Crippen molar-refractivity contribution in [3.63, 3.8) is 0 Å². The first-order valence-electron chi connectivity index (χ1n) is 8.75. The van der Waals surface area contributed by atoms with Gasteiger partial charge in [0.15, 0.2) is 0 Å². The van der Waals surface area contributed by atoms with Crippen molar-refractivity contribution < 1.29 is 4.79 Å². The summed E-state index contributed by atoms with van der Waals surface area (Å²) in [5.74, 6) is 0.132. The largest absolute Gasteiger partial charge is 0.340 e. The fraction of sp³-hybridized carbons (Fsp3) is 0.389. The molecule has 7 nitrogen and oxygen atoms in total. The summed E-state index contributed by atoms with van der Waals surface area (Å²) in [7, 11) is 2.06. The molecule has 1 aromatic heterocycles. The Hall–Kier alpha value is -2.09. The number of hydrogen-bond donors (Lipinski definition) is 2. The molecule has 0 saturated carbocycles. The fourth-order valence-electron chi connectivity index (χ4n) is 3.58. The maximum Gasteiger partial charge on any atom is 0.258 e. The van der Waals surface area contributed by atoms with Crippen LogP contribution in [-0.4, -0.2) is 54.0 Å². The zero-order valence-corrected chi connectivity index (χ0v) is 16.3. The summed E-state index contributed by atoms with van der Waals surface area (Å²) in [6.45, 7) is 3.30. The molecule has 142 valence electrons. The second-order valence-corrected chi connectivity index (χ2v) is 7.76. The van der Waals surface area contributed by atoms with Gasteiger partial charge in [0.2, 0.25) is 11.9 Å². The van der Waals surface area contributed by atoms with Crippen molar-refractivity contribution in [3.05, 3.63) is 49.7 Å². The van der Waals surface area contributed by atoms with Crippen LogP contribution in [0.2, 0.25) is 10.0 Å². The van der Waals surface area contributed by atoms with Crippen molar-refractivity contribution in [2.45, 2.75) is 12.3 Å². The number of piperazine rings is 1. The van der Waals surface area contributed by atoms with Crippen LogP contribution in [0.5, 0.6) is 0 Å². The summed E-state index contributed by atoms with van der Waals surface area (Å²) < 4.78 is 0. The lowest BCUT2D eigenvalue weighted by Crippen LogP contribution is -2.46. The number of benzene rings is 1. The predicted octanol–water partition coefficient (Wildman–Crippen LogP) is 2.30. The van der Waals surface area contributed by atoms with Crippen LogP contribution in [0.3, 0.4) is 0 Å². The molecule has 1 saturated heterocycles. The number of hydrogen-bond acceptors (Lipinski definition) is 5. The molecule has 0 unspecified atom stereocenters. The third-order valence-corrected chi connectivity index (χ3v) is 5.64. The number of carbonyl (C=O) groups is 1. The van der Waals surface area contributed by atoms with Gasteiger partial charge in [-0.05, 0) is 24.7 Å². The van der Waals surface area contributed by atoms with Gasteiger partial charge in [-0.25, -0.2) is 0 Å². The molecule has 2 aliphatic heterocycles. The molecule has 3 heterocycles. The van der Waals surface area contributed by atoms with Gasteiger partial charge in [-0.2, -0.15) is 4.98 Å². The van der Waals surface area contributed by atoms with Gasteiger partial charge < -0.3 is 15.1 Å². The van der Waals surface area contributed by atoms with E-state index in [-0.39, 0.29) is 17.9 Å². The van der Waals surface area contributed by atoms with E-state index in [9.17, 15) is 9.59 Å². The van der Waals surface area contributed by atoms with Crippen LogP contribution in [0.15, 0.2) is 23.0 Å². The number of rotatable bonds is 2. The standard InChI is InChI=1S/C18H19Cl2N5O2/c1-24-4-6-25(7-5-24)18-22-16-15(17(27)23-18)12(9-14(26)21-16)11-3-2-10(19)8-13(11)20/h2-3,8,12H,4-7,9H2,1H3,(H2,21,22,23,26,27)/t12-/m0/s1. The highest BCUT2D eigenvalue weighted by Crippen LogP contribution is 2.38. The molecule has 0 bridgehead atoms. The molecule has 0 spiro atoms. The van der Waals surface area contributed by atoms with E-state index in [4.69, 9.17) is 23.2 Å². The lowest BCUT2D eigenvalue weighted by atomic mass is 9.87. The lowest BCUT2D eigenvalue weighted by Gasteiger charge is -2.33. The van der Waals surface area contributed by atoms with Crippen molar-refractivity contribution in [2.75, 3.05) is 43.4 Å². The van der Waals surface area contributed by atoms with Crippen LogP contribution < -0.4 is 15.8 Å². The Labute approximate surface area is 166 Å². The predicted molar refractivity (Wildman–Crippen MR) is 106 cm³/mol. The molecule has 2 N–H and O–H groups in total. The number of aromatic amines is 1. The Bertz CT molecular complexity index is 953. The smallest absolute Gasteiger partial charge is 0.258 e. The van der Waals surface area contributed by atoms with Crippen LogP contribution in [0, 0.1) is 0 Å². The number of nitrogens with one attached hydrogen (secondary N) is 2. The highest BCUT2D eigenvalue weighted by Gasteiger charge is 2.32. The number of anilines is 2. The maximum atomic E-state index is 12.9. The van der Waals surface area contributed by atoms with Crippen molar-refractivity contribution in [1.29, 1.82) is 0 Å². The van der Waals surface area contributed by atoms with Crippen LogP contribution in [0.4, 0.5) is 11.8 Å². The third kappa shape index (κ3) is 3.54. The Morgan fingerprint density at radius 2 is 1.89 bits per heavy atom. The minimum atomic E-state index is -0.462. The van der Waals surface area contributed by atoms with E-state index in [2.05, 4.69) is 27.2 Å². The van der Waals surface area contributed by atoms with Gasteiger partial charge in [0, 0.05) is 48.6 Å². The Kier molecular flexibility index (Phi) is 4.84. The van der Waals surface area contributed by atoms with Crippen molar-refractivity contribution in [2.24, 2.45) is 0 Å². The number of halogens is 2. The SMILES string of the molecule is CN1CCN(c2nc3c(c(=O)[nH]2)[C@H](c2ccc(Cl)cc2Cl)CC(=O)N3)CC1. The topological polar surface area (TPSA) is 81.3 Å². The first-order valence-corrected chi connectivity index (χ1v) is 9.50. The van der Waals surface area contributed by atoms with E-state index in [1.54, 1.807) is 18.2 Å². The fourth-order valence-corrected chi connectivity index (χ4v) is 4.12. The minimum absolute atomic E-state index is 0.132. The molecule has 1 aromatic carbocycles. The van der Waals surface area contributed by atoms with Gasteiger partial charge in [-0.15, -0.1) is 0 Å². The monoisotopic (exact) mass is 407 g/mol. The van der Waals surface area contributed by atoms with E-state index >= 15 is 0 Å². The quantitative estimate of drug-likeness (QED) is 0.797. The summed E-state index contributed by atoms with van der Waals surface area (Å²) >= 11 is 12.3. The van der Waals surface area contributed by atoms with Gasteiger partial charge in [0.05, 0.1) is 5.56 Å². The van der Waals surface area contributed by atoms with Crippen molar-refractivity contribution >= 4 is 40.9 Å². The van der Waals surface area contributed by atoms with Gasteiger partial charge in [-0.1, -0.05) is 29.3 Å². The highest BCUT2D eigenvalue weighted by molar-refractivity contribution is 6.35. The van der Waals surface area contributed by atoms with E-state index in [0.717, 1.165) is 26.2 Å². The van der Waals surface area contributed by atoms with Crippen molar-refractivity contribution in [1.82, 2.24) is 14.9 Å². The normalized spacial score (nSPS) is 20.3. The average molecular weight is 408 g/mol. The number of amides is 1. The average Bonchev–Trinajstić information content (AvgIpc) is 2.61. The molecule has 1 fully saturated rings. The number of aromatic nitrogens is 2. The maximum absolute atomic E-state index is 12.9. The molecule has 1 amide bonds. The first kappa shape index (κ1) is 18.3. The summed E-state index contributed by atoms with van der Waals surface area (Å²) in [5, 5.41) is 3.67. The van der Waals surface area contributed by atoms with Crippen LogP contribution in [0.25, 0.3) is 0 Å². The molecule has 0 aliphatic carbocycles. The molecule has 9 heteroatoms. The van der Waals surface area contributed by atoms with E-state index in [1.807, 2.05) is 4.90 Å². The Morgan fingerprint density at radius 1 is 1.15 bits per heavy atom.